The van der Waals surface area contributed by atoms with Gasteiger partial charge in [0.25, 0.3) is 0 Å². The van der Waals surface area contributed by atoms with Crippen LogP contribution in [0.4, 0.5) is 0 Å². The van der Waals surface area contributed by atoms with Crippen LogP contribution in [0.15, 0.2) is 0 Å². The van der Waals surface area contributed by atoms with Gasteiger partial charge in [-0.1, -0.05) is 0 Å². The Kier molecular flexibility index (Phi) is 5.37. The van der Waals surface area contributed by atoms with E-state index in [0.29, 0.717) is 6.61 Å². The van der Waals surface area contributed by atoms with Gasteiger partial charge in [0.15, 0.2) is 6.04 Å². The molecule has 0 aromatic rings. The van der Waals surface area contributed by atoms with Gasteiger partial charge >= 0.3 is 5.97 Å². The minimum Gasteiger partial charge on any atom is -0.464 e. The number of hydrogen-bond acceptors (Lipinski definition) is 5. The highest BCUT2D eigenvalue weighted by atomic mass is 16.5. The van der Waals surface area contributed by atoms with Crippen molar-refractivity contribution in [1.29, 1.82) is 0 Å². The van der Waals surface area contributed by atoms with Gasteiger partial charge in [0, 0.05) is 12.6 Å². The first-order valence-corrected chi connectivity index (χ1v) is 5.92. The molecule has 0 heterocycles. The Morgan fingerprint density at radius 3 is 2.53 bits per heavy atom. The number of esters is 1. The van der Waals surface area contributed by atoms with E-state index in [1.165, 1.54) is 0 Å². The van der Waals surface area contributed by atoms with Gasteiger partial charge in [-0.15, -0.1) is 0 Å². The highest BCUT2D eigenvalue weighted by Gasteiger charge is 2.33. The van der Waals surface area contributed by atoms with Crippen molar-refractivity contribution in [2.75, 3.05) is 13.2 Å². The Labute approximate surface area is 101 Å². The second kappa shape index (κ2) is 6.56. The number of nitrogens with two attached hydrogens (primary N) is 1. The van der Waals surface area contributed by atoms with Crippen LogP contribution >= 0.6 is 0 Å². The number of ether oxygens (including phenoxy) is 2. The summed E-state index contributed by atoms with van der Waals surface area (Å²) < 4.78 is 10.0. The van der Waals surface area contributed by atoms with Crippen LogP contribution in [0.5, 0.6) is 0 Å². The number of carbonyl (C=O) groups excluding carboxylic acids is 2. The van der Waals surface area contributed by atoms with Crippen molar-refractivity contribution < 1.29 is 19.1 Å². The van der Waals surface area contributed by atoms with E-state index in [1.54, 1.807) is 6.92 Å². The molecule has 0 aromatic heterocycles. The molecule has 1 fully saturated rings. The fraction of sp³-hybridized carbons (Fsp3) is 0.818. The second-order valence-electron chi connectivity index (χ2n) is 3.98. The van der Waals surface area contributed by atoms with E-state index in [4.69, 9.17) is 10.5 Å². The van der Waals surface area contributed by atoms with Gasteiger partial charge in [0.1, 0.15) is 0 Å². The zero-order valence-electron chi connectivity index (χ0n) is 10.3. The summed E-state index contributed by atoms with van der Waals surface area (Å²) in [7, 11) is 0. The molecule has 1 aliphatic rings. The fourth-order valence-corrected chi connectivity index (χ4v) is 1.69. The molecular formula is C11H20N2O4. The SMILES string of the molecule is CCOC(=O)C(N)C(=O)NC1CC(OCC)C1. The van der Waals surface area contributed by atoms with Gasteiger partial charge in [0.2, 0.25) is 5.91 Å². The molecule has 17 heavy (non-hydrogen) atoms. The monoisotopic (exact) mass is 244 g/mol. The number of amides is 1. The van der Waals surface area contributed by atoms with Crippen LogP contribution in [-0.4, -0.2) is 43.3 Å². The highest BCUT2D eigenvalue weighted by molar-refractivity contribution is 6.01. The van der Waals surface area contributed by atoms with Crippen molar-refractivity contribution >= 4 is 11.9 Å². The van der Waals surface area contributed by atoms with E-state index in [9.17, 15) is 9.59 Å². The van der Waals surface area contributed by atoms with Crippen molar-refractivity contribution in [2.45, 2.75) is 44.9 Å². The summed E-state index contributed by atoms with van der Waals surface area (Å²) in [6.07, 6.45) is 1.76. The van der Waals surface area contributed by atoms with E-state index in [2.05, 4.69) is 10.1 Å². The zero-order chi connectivity index (χ0) is 12.8. The van der Waals surface area contributed by atoms with Gasteiger partial charge in [-0.2, -0.15) is 0 Å². The quantitative estimate of drug-likeness (QED) is 0.488. The molecule has 1 atom stereocenters. The molecule has 0 radical (unpaired) electrons. The van der Waals surface area contributed by atoms with E-state index in [0.717, 1.165) is 12.8 Å². The number of hydrogen-bond donors (Lipinski definition) is 2. The predicted octanol–water partition coefficient (Wildman–Crippen LogP) is -0.439. The van der Waals surface area contributed by atoms with Crippen molar-refractivity contribution in [3.63, 3.8) is 0 Å². The van der Waals surface area contributed by atoms with Gasteiger partial charge < -0.3 is 20.5 Å². The maximum absolute atomic E-state index is 11.5. The lowest BCUT2D eigenvalue weighted by molar-refractivity contribution is -0.148. The molecule has 1 unspecified atom stereocenters. The van der Waals surface area contributed by atoms with Crippen LogP contribution in [-0.2, 0) is 19.1 Å². The van der Waals surface area contributed by atoms with Crippen LogP contribution in [0, 0.1) is 0 Å². The third-order valence-electron chi connectivity index (χ3n) is 2.67. The summed E-state index contributed by atoms with van der Waals surface area (Å²) in [5.74, 6) is -1.17. The van der Waals surface area contributed by atoms with E-state index >= 15 is 0 Å². The third kappa shape index (κ3) is 3.98. The van der Waals surface area contributed by atoms with Crippen LogP contribution in [0.3, 0.4) is 0 Å². The molecule has 1 aliphatic carbocycles. The van der Waals surface area contributed by atoms with Gasteiger partial charge in [0.05, 0.1) is 12.7 Å². The zero-order valence-corrected chi connectivity index (χ0v) is 10.3. The first kappa shape index (κ1) is 13.9. The Morgan fingerprint density at radius 1 is 1.35 bits per heavy atom. The van der Waals surface area contributed by atoms with Crippen molar-refractivity contribution in [3.05, 3.63) is 0 Å². The molecule has 98 valence electrons. The molecule has 0 aromatic carbocycles. The molecule has 6 heteroatoms. The molecule has 0 bridgehead atoms. The van der Waals surface area contributed by atoms with E-state index in [-0.39, 0.29) is 18.8 Å². The first-order chi connectivity index (χ1) is 8.08. The normalized spacial score (nSPS) is 24.6. The van der Waals surface area contributed by atoms with E-state index < -0.39 is 17.9 Å². The predicted molar refractivity (Wildman–Crippen MR) is 61.2 cm³/mol. The highest BCUT2D eigenvalue weighted by Crippen LogP contribution is 2.23. The molecule has 0 saturated heterocycles. The third-order valence-corrected chi connectivity index (χ3v) is 2.67. The molecule has 1 amide bonds. The standard InChI is InChI=1S/C11H20N2O4/c1-3-16-8-5-7(6-8)13-10(14)9(12)11(15)17-4-2/h7-9H,3-6,12H2,1-2H3,(H,13,14). The maximum atomic E-state index is 11.5. The Hall–Kier alpha value is -1.14. The molecule has 3 N–H and O–H groups in total. The summed E-state index contributed by atoms with van der Waals surface area (Å²) in [5, 5.41) is 2.70. The lowest BCUT2D eigenvalue weighted by Gasteiger charge is -2.35. The smallest absolute Gasteiger partial charge is 0.332 e. The Morgan fingerprint density at radius 2 is 2.00 bits per heavy atom. The second-order valence-corrected chi connectivity index (χ2v) is 3.98. The fourth-order valence-electron chi connectivity index (χ4n) is 1.69. The van der Waals surface area contributed by atoms with Gasteiger partial charge in [-0.05, 0) is 26.7 Å². The number of rotatable bonds is 6. The van der Waals surface area contributed by atoms with Crippen molar-refractivity contribution in [3.8, 4) is 0 Å². The van der Waals surface area contributed by atoms with E-state index in [1.807, 2.05) is 6.92 Å². The molecule has 6 nitrogen and oxygen atoms in total. The van der Waals surface area contributed by atoms with Crippen LogP contribution in [0.2, 0.25) is 0 Å². The average Bonchev–Trinajstić information content (AvgIpc) is 2.25. The summed E-state index contributed by atoms with van der Waals surface area (Å²) in [6, 6.07) is -1.18. The summed E-state index contributed by atoms with van der Waals surface area (Å²) in [5.41, 5.74) is 5.45. The average molecular weight is 244 g/mol. The van der Waals surface area contributed by atoms with Crippen LogP contribution in [0.1, 0.15) is 26.7 Å². The molecule has 1 rings (SSSR count). The van der Waals surface area contributed by atoms with Gasteiger partial charge in [-0.25, -0.2) is 4.79 Å². The minimum atomic E-state index is -1.24. The summed E-state index contributed by atoms with van der Waals surface area (Å²) >= 11 is 0. The topological polar surface area (TPSA) is 90.7 Å². The lowest BCUT2D eigenvalue weighted by Crippen LogP contribution is -2.54. The Balaban J connectivity index is 2.24. The van der Waals surface area contributed by atoms with Crippen molar-refractivity contribution in [2.24, 2.45) is 5.73 Å². The molecular weight excluding hydrogens is 224 g/mol. The maximum Gasteiger partial charge on any atom is 0.332 e. The van der Waals surface area contributed by atoms with Crippen LogP contribution in [0.25, 0.3) is 0 Å². The minimum absolute atomic E-state index is 0.0551. The van der Waals surface area contributed by atoms with Crippen LogP contribution < -0.4 is 11.1 Å². The first-order valence-electron chi connectivity index (χ1n) is 5.92. The summed E-state index contributed by atoms with van der Waals surface area (Å²) in [6.45, 7) is 4.49. The Bertz CT molecular complexity index is 277. The summed E-state index contributed by atoms with van der Waals surface area (Å²) in [4.78, 5) is 22.8. The lowest BCUT2D eigenvalue weighted by atomic mass is 9.89. The molecule has 1 saturated carbocycles. The molecule has 0 aliphatic heterocycles. The number of nitrogens with one attached hydrogen (secondary N) is 1. The molecule has 0 spiro atoms. The van der Waals surface area contributed by atoms with Gasteiger partial charge in [-0.3, -0.25) is 4.79 Å². The van der Waals surface area contributed by atoms with Crippen molar-refractivity contribution in [1.82, 2.24) is 5.32 Å². The largest absolute Gasteiger partial charge is 0.464 e. The number of carbonyl (C=O) groups is 2.